The number of nitrogens with zero attached hydrogens (tertiary/aromatic N) is 3. The molecule has 0 saturated carbocycles. The summed E-state index contributed by atoms with van der Waals surface area (Å²) in [5.41, 5.74) is 7.80. The molecule has 0 aliphatic carbocycles. The quantitative estimate of drug-likeness (QED) is 0.648. The standard InChI is InChI=1S/C8H10N4O/c1-12-10-5-3-4-6(13-2)7(9)8(5)11-12/h3-4H,9H2,1-2H3. The van der Waals surface area contributed by atoms with Gasteiger partial charge < -0.3 is 10.5 Å². The highest BCUT2D eigenvalue weighted by Gasteiger charge is 2.08. The summed E-state index contributed by atoms with van der Waals surface area (Å²) in [4.78, 5) is 1.49. The Morgan fingerprint density at radius 3 is 2.85 bits per heavy atom. The summed E-state index contributed by atoms with van der Waals surface area (Å²) < 4.78 is 5.06. The number of anilines is 1. The fourth-order valence-electron chi connectivity index (χ4n) is 1.26. The van der Waals surface area contributed by atoms with E-state index in [4.69, 9.17) is 10.5 Å². The van der Waals surface area contributed by atoms with Crippen molar-refractivity contribution in [2.75, 3.05) is 12.8 Å². The molecule has 5 nitrogen and oxygen atoms in total. The lowest BCUT2D eigenvalue weighted by molar-refractivity contribution is 0.417. The molecule has 2 rings (SSSR count). The van der Waals surface area contributed by atoms with Crippen LogP contribution in [0.1, 0.15) is 0 Å². The van der Waals surface area contributed by atoms with Gasteiger partial charge in [-0.2, -0.15) is 15.0 Å². The third-order valence-electron chi connectivity index (χ3n) is 1.87. The summed E-state index contributed by atoms with van der Waals surface area (Å²) in [7, 11) is 3.33. The molecule has 0 saturated heterocycles. The fourth-order valence-corrected chi connectivity index (χ4v) is 1.26. The number of rotatable bonds is 1. The second-order valence-electron chi connectivity index (χ2n) is 2.74. The van der Waals surface area contributed by atoms with Crippen LogP contribution < -0.4 is 10.5 Å². The summed E-state index contributed by atoms with van der Waals surface area (Å²) in [5, 5.41) is 8.24. The normalized spacial score (nSPS) is 10.6. The molecule has 0 atom stereocenters. The molecule has 68 valence electrons. The minimum Gasteiger partial charge on any atom is -0.495 e. The predicted octanol–water partition coefficient (Wildman–Crippen LogP) is 0.559. The number of nitrogen functional groups attached to an aromatic ring is 1. The third kappa shape index (κ3) is 1.09. The van der Waals surface area contributed by atoms with E-state index >= 15 is 0 Å². The molecule has 5 heteroatoms. The van der Waals surface area contributed by atoms with Gasteiger partial charge in [-0.15, -0.1) is 0 Å². The Labute approximate surface area is 75.1 Å². The number of nitrogens with two attached hydrogens (primary N) is 1. The molecular weight excluding hydrogens is 168 g/mol. The van der Waals surface area contributed by atoms with Crippen LogP contribution in [0, 0.1) is 0 Å². The van der Waals surface area contributed by atoms with Crippen LogP contribution in [0.5, 0.6) is 5.75 Å². The van der Waals surface area contributed by atoms with Crippen molar-refractivity contribution in [2.45, 2.75) is 0 Å². The van der Waals surface area contributed by atoms with Gasteiger partial charge in [0.2, 0.25) is 0 Å². The maximum absolute atomic E-state index is 5.80. The Hall–Kier alpha value is -1.78. The summed E-state index contributed by atoms with van der Waals surface area (Å²) in [6.07, 6.45) is 0. The van der Waals surface area contributed by atoms with Gasteiger partial charge in [0, 0.05) is 7.05 Å². The lowest BCUT2D eigenvalue weighted by Gasteiger charge is -2.02. The molecule has 0 spiro atoms. The number of hydrogen-bond donors (Lipinski definition) is 1. The molecule has 0 unspecified atom stereocenters. The van der Waals surface area contributed by atoms with Crippen molar-refractivity contribution in [3.63, 3.8) is 0 Å². The molecule has 1 aromatic carbocycles. The van der Waals surface area contributed by atoms with E-state index < -0.39 is 0 Å². The topological polar surface area (TPSA) is 66.0 Å². The monoisotopic (exact) mass is 178 g/mol. The first-order chi connectivity index (χ1) is 6.22. The van der Waals surface area contributed by atoms with E-state index in [1.807, 2.05) is 6.07 Å². The van der Waals surface area contributed by atoms with Crippen LogP contribution >= 0.6 is 0 Å². The first-order valence-electron chi connectivity index (χ1n) is 3.86. The fraction of sp³-hybridized carbons (Fsp3) is 0.250. The molecule has 1 aromatic heterocycles. The van der Waals surface area contributed by atoms with E-state index in [0.29, 0.717) is 17.0 Å². The zero-order valence-corrected chi connectivity index (χ0v) is 7.48. The number of methoxy groups -OCH3 is 1. The average molecular weight is 178 g/mol. The number of aryl methyl sites for hydroxylation is 1. The summed E-state index contributed by atoms with van der Waals surface area (Å²) in [6.45, 7) is 0. The second-order valence-corrected chi connectivity index (χ2v) is 2.74. The number of benzene rings is 1. The summed E-state index contributed by atoms with van der Waals surface area (Å²) >= 11 is 0. The SMILES string of the molecule is COc1ccc2nn(C)nc2c1N. The Morgan fingerprint density at radius 2 is 2.15 bits per heavy atom. The molecule has 0 aliphatic rings. The second kappa shape index (κ2) is 2.62. The van der Waals surface area contributed by atoms with Crippen molar-refractivity contribution in [3.05, 3.63) is 12.1 Å². The third-order valence-corrected chi connectivity index (χ3v) is 1.87. The lowest BCUT2D eigenvalue weighted by Crippen LogP contribution is -1.94. The van der Waals surface area contributed by atoms with Crippen LogP contribution in [0.25, 0.3) is 11.0 Å². The molecule has 2 N–H and O–H groups in total. The highest BCUT2D eigenvalue weighted by atomic mass is 16.5. The van der Waals surface area contributed by atoms with Crippen molar-refractivity contribution in [1.82, 2.24) is 15.0 Å². The van der Waals surface area contributed by atoms with Crippen molar-refractivity contribution in [3.8, 4) is 5.75 Å². The average Bonchev–Trinajstić information content (AvgIpc) is 2.47. The van der Waals surface area contributed by atoms with Gasteiger partial charge in [0.1, 0.15) is 22.5 Å². The lowest BCUT2D eigenvalue weighted by atomic mass is 10.2. The van der Waals surface area contributed by atoms with Crippen LogP contribution in [0.3, 0.4) is 0 Å². The molecule has 2 aromatic rings. The van der Waals surface area contributed by atoms with Gasteiger partial charge in [-0.05, 0) is 12.1 Å². The van der Waals surface area contributed by atoms with Gasteiger partial charge >= 0.3 is 0 Å². The maximum Gasteiger partial charge on any atom is 0.144 e. The van der Waals surface area contributed by atoms with Crippen molar-refractivity contribution >= 4 is 16.7 Å². The summed E-state index contributed by atoms with van der Waals surface area (Å²) in [6, 6.07) is 3.61. The maximum atomic E-state index is 5.80. The van der Waals surface area contributed by atoms with Crippen molar-refractivity contribution in [1.29, 1.82) is 0 Å². The number of aromatic nitrogens is 3. The van der Waals surface area contributed by atoms with Crippen LogP contribution in [-0.4, -0.2) is 22.1 Å². The van der Waals surface area contributed by atoms with Crippen molar-refractivity contribution in [2.24, 2.45) is 7.05 Å². The molecule has 13 heavy (non-hydrogen) atoms. The number of fused-ring (bicyclic) bond motifs is 1. The van der Waals surface area contributed by atoms with E-state index in [0.717, 1.165) is 5.52 Å². The molecule has 0 amide bonds. The van der Waals surface area contributed by atoms with Crippen LogP contribution in [0.2, 0.25) is 0 Å². The molecular formula is C8H10N4O. The van der Waals surface area contributed by atoms with Crippen LogP contribution in [0.4, 0.5) is 5.69 Å². The van der Waals surface area contributed by atoms with Gasteiger partial charge in [-0.3, -0.25) is 0 Å². The van der Waals surface area contributed by atoms with Gasteiger partial charge in [-0.25, -0.2) is 0 Å². The highest BCUT2D eigenvalue weighted by molar-refractivity contribution is 5.89. The van der Waals surface area contributed by atoms with Gasteiger partial charge in [-0.1, -0.05) is 0 Å². The van der Waals surface area contributed by atoms with E-state index in [1.165, 1.54) is 4.80 Å². The van der Waals surface area contributed by atoms with Crippen molar-refractivity contribution < 1.29 is 4.74 Å². The van der Waals surface area contributed by atoms with E-state index in [1.54, 1.807) is 20.2 Å². The number of ether oxygens (including phenoxy) is 1. The Balaban J connectivity index is 2.78. The molecule has 0 aliphatic heterocycles. The minimum absolute atomic E-state index is 0.535. The van der Waals surface area contributed by atoms with Gasteiger partial charge in [0.25, 0.3) is 0 Å². The van der Waals surface area contributed by atoms with Crippen LogP contribution in [-0.2, 0) is 7.05 Å². The zero-order chi connectivity index (χ0) is 9.42. The zero-order valence-electron chi connectivity index (χ0n) is 7.48. The van der Waals surface area contributed by atoms with Crippen LogP contribution in [0.15, 0.2) is 12.1 Å². The minimum atomic E-state index is 0.535. The molecule has 0 radical (unpaired) electrons. The van der Waals surface area contributed by atoms with E-state index in [-0.39, 0.29) is 0 Å². The Kier molecular flexibility index (Phi) is 1.58. The van der Waals surface area contributed by atoms with E-state index in [9.17, 15) is 0 Å². The molecule has 1 heterocycles. The number of hydrogen-bond acceptors (Lipinski definition) is 4. The predicted molar refractivity (Wildman–Crippen MR) is 49.5 cm³/mol. The summed E-state index contributed by atoms with van der Waals surface area (Å²) in [5.74, 6) is 0.632. The Bertz CT molecular complexity index is 449. The molecule has 0 fully saturated rings. The van der Waals surface area contributed by atoms with Gasteiger partial charge in [0.15, 0.2) is 0 Å². The largest absolute Gasteiger partial charge is 0.495 e. The highest BCUT2D eigenvalue weighted by Crippen LogP contribution is 2.27. The smallest absolute Gasteiger partial charge is 0.144 e. The Morgan fingerprint density at radius 1 is 1.38 bits per heavy atom. The van der Waals surface area contributed by atoms with Gasteiger partial charge in [0.05, 0.1) is 7.11 Å². The molecule has 0 bridgehead atoms. The van der Waals surface area contributed by atoms with E-state index in [2.05, 4.69) is 10.2 Å². The first-order valence-corrected chi connectivity index (χ1v) is 3.86. The first kappa shape index (κ1) is 7.85.